The molecule has 0 bridgehead atoms. The van der Waals surface area contributed by atoms with E-state index in [1.165, 1.54) is 19.4 Å². The Kier molecular flexibility index (Phi) is 2.45. The number of ether oxygens (including phenoxy) is 1. The third-order valence-electron chi connectivity index (χ3n) is 3.18. The lowest BCUT2D eigenvalue weighted by atomic mass is 10.0. The van der Waals surface area contributed by atoms with E-state index < -0.39 is 0 Å². The third kappa shape index (κ3) is 1.73. The normalized spacial score (nSPS) is 11.1. The van der Waals surface area contributed by atoms with Crippen molar-refractivity contribution in [1.29, 1.82) is 0 Å². The summed E-state index contributed by atoms with van der Waals surface area (Å²) >= 11 is 0. The third-order valence-corrected chi connectivity index (χ3v) is 3.18. The van der Waals surface area contributed by atoms with Gasteiger partial charge >= 0.3 is 0 Å². The van der Waals surface area contributed by atoms with E-state index in [4.69, 9.17) is 9.15 Å². The summed E-state index contributed by atoms with van der Waals surface area (Å²) in [6.45, 7) is 1.82. The minimum Gasteiger partial charge on any atom is -0.506 e. The molecule has 4 heteroatoms. The van der Waals surface area contributed by atoms with Crippen LogP contribution in [0.5, 0.6) is 11.5 Å². The number of rotatable bonds is 1. The number of aromatic hydroxyl groups is 1. The molecule has 0 spiro atoms. The Balaban J connectivity index is 2.53. The number of hydrogen-bond donors (Lipinski definition) is 1. The molecule has 0 unspecified atom stereocenters. The quantitative estimate of drug-likeness (QED) is 0.680. The van der Waals surface area contributed by atoms with Gasteiger partial charge in [0.1, 0.15) is 23.5 Å². The van der Waals surface area contributed by atoms with Crippen LogP contribution < -0.4 is 10.2 Å². The Hall–Kier alpha value is -2.49. The molecular weight excluding hydrogens is 244 g/mol. The zero-order valence-electron chi connectivity index (χ0n) is 10.6. The highest BCUT2D eigenvalue weighted by atomic mass is 16.5. The van der Waals surface area contributed by atoms with Gasteiger partial charge in [-0.05, 0) is 35.9 Å². The Morgan fingerprint density at radius 3 is 2.68 bits per heavy atom. The van der Waals surface area contributed by atoms with Gasteiger partial charge in [-0.3, -0.25) is 4.79 Å². The fraction of sp³-hybridized carbons (Fsp3) is 0.133. The molecule has 3 aromatic rings. The molecule has 0 atom stereocenters. The number of phenols is 1. The summed E-state index contributed by atoms with van der Waals surface area (Å²) in [5.74, 6) is 1.16. The number of methoxy groups -OCH3 is 1. The van der Waals surface area contributed by atoms with E-state index >= 15 is 0 Å². The molecule has 0 radical (unpaired) electrons. The second-order valence-corrected chi connectivity index (χ2v) is 4.44. The van der Waals surface area contributed by atoms with Gasteiger partial charge in [0.15, 0.2) is 5.43 Å². The van der Waals surface area contributed by atoms with Crippen molar-refractivity contribution < 1.29 is 14.3 Å². The number of fused-ring (bicyclic) bond motifs is 2. The number of hydrogen-bond acceptors (Lipinski definition) is 4. The van der Waals surface area contributed by atoms with Crippen molar-refractivity contribution in [3.05, 3.63) is 46.5 Å². The fourth-order valence-corrected chi connectivity index (χ4v) is 2.26. The molecule has 0 fully saturated rings. The first-order valence-electron chi connectivity index (χ1n) is 5.83. The Bertz CT molecular complexity index is 846. The molecule has 1 heterocycles. The first kappa shape index (κ1) is 11.6. The van der Waals surface area contributed by atoms with E-state index in [9.17, 15) is 9.90 Å². The second-order valence-electron chi connectivity index (χ2n) is 4.44. The molecule has 4 nitrogen and oxygen atoms in total. The summed E-state index contributed by atoms with van der Waals surface area (Å²) in [4.78, 5) is 12.0. The predicted octanol–water partition coefficient (Wildman–Crippen LogP) is 2.97. The lowest BCUT2D eigenvalue weighted by molar-refractivity contribution is 0.415. The van der Waals surface area contributed by atoms with Crippen LogP contribution in [-0.4, -0.2) is 12.2 Å². The topological polar surface area (TPSA) is 59.7 Å². The maximum absolute atomic E-state index is 12.0. The number of aryl methyl sites for hydroxylation is 1. The van der Waals surface area contributed by atoms with Crippen LogP contribution in [0.25, 0.3) is 21.5 Å². The van der Waals surface area contributed by atoms with Crippen LogP contribution in [-0.2, 0) is 0 Å². The van der Waals surface area contributed by atoms with Crippen LogP contribution in [0.15, 0.2) is 39.7 Å². The molecule has 0 saturated carbocycles. The highest BCUT2D eigenvalue weighted by Gasteiger charge is 2.12. The van der Waals surface area contributed by atoms with Gasteiger partial charge in [-0.15, -0.1) is 0 Å². The van der Waals surface area contributed by atoms with Crippen LogP contribution in [0.4, 0.5) is 0 Å². The Labute approximate surface area is 108 Å². The monoisotopic (exact) mass is 256 g/mol. The summed E-state index contributed by atoms with van der Waals surface area (Å²) in [7, 11) is 1.50. The van der Waals surface area contributed by atoms with Crippen molar-refractivity contribution in [2.45, 2.75) is 6.92 Å². The summed E-state index contributed by atoms with van der Waals surface area (Å²) in [6, 6.07) is 6.75. The standard InChI is InChI=1S/C15H12O4/c1-8-3-9-4-10-5-11(18-2)6-13(16)14(10)15(17)12(9)7-19-8/h3-7,17H,1-2H3. The lowest BCUT2D eigenvalue weighted by Gasteiger charge is -2.07. The van der Waals surface area contributed by atoms with Gasteiger partial charge in [0, 0.05) is 6.07 Å². The van der Waals surface area contributed by atoms with Gasteiger partial charge < -0.3 is 14.3 Å². The predicted molar refractivity (Wildman–Crippen MR) is 72.9 cm³/mol. The van der Waals surface area contributed by atoms with Crippen LogP contribution in [0.3, 0.4) is 0 Å². The number of benzene rings is 2. The first-order valence-corrected chi connectivity index (χ1v) is 5.83. The van der Waals surface area contributed by atoms with E-state index in [1.807, 2.05) is 19.1 Å². The fourth-order valence-electron chi connectivity index (χ4n) is 2.26. The van der Waals surface area contributed by atoms with E-state index in [-0.39, 0.29) is 16.6 Å². The van der Waals surface area contributed by atoms with Crippen molar-refractivity contribution in [2.75, 3.05) is 7.11 Å². The molecule has 0 aliphatic carbocycles. The van der Waals surface area contributed by atoms with Gasteiger partial charge in [0.25, 0.3) is 0 Å². The van der Waals surface area contributed by atoms with Crippen molar-refractivity contribution >= 4 is 21.5 Å². The molecule has 0 saturated heterocycles. The van der Waals surface area contributed by atoms with Gasteiger partial charge in [-0.2, -0.15) is 0 Å². The van der Waals surface area contributed by atoms with Crippen LogP contribution in [0, 0.1) is 6.92 Å². The maximum atomic E-state index is 12.0. The highest BCUT2D eigenvalue weighted by Crippen LogP contribution is 2.33. The van der Waals surface area contributed by atoms with E-state index in [0.29, 0.717) is 16.5 Å². The Morgan fingerprint density at radius 1 is 1.16 bits per heavy atom. The summed E-state index contributed by atoms with van der Waals surface area (Å²) in [5, 5.41) is 12.5. The zero-order chi connectivity index (χ0) is 13.6. The summed E-state index contributed by atoms with van der Waals surface area (Å²) in [5.41, 5.74) is -0.269. The molecule has 0 aliphatic rings. The van der Waals surface area contributed by atoms with Gasteiger partial charge in [-0.25, -0.2) is 0 Å². The molecule has 1 aromatic heterocycles. The van der Waals surface area contributed by atoms with Crippen molar-refractivity contribution in [1.82, 2.24) is 0 Å². The van der Waals surface area contributed by atoms with Crippen molar-refractivity contribution in [3.8, 4) is 11.5 Å². The SMILES string of the molecule is COc1cc(=O)c2c(O)c3coc(C)cc3cc2c1. The largest absolute Gasteiger partial charge is 0.506 e. The average Bonchev–Trinajstić information content (AvgIpc) is 2.37. The molecule has 0 amide bonds. The minimum absolute atomic E-state index is 0.0519. The molecule has 2 aromatic carbocycles. The lowest BCUT2D eigenvalue weighted by Crippen LogP contribution is -2.01. The molecule has 0 aliphatic heterocycles. The average molecular weight is 256 g/mol. The van der Waals surface area contributed by atoms with Gasteiger partial charge in [-0.1, -0.05) is 0 Å². The van der Waals surface area contributed by atoms with Gasteiger partial charge in [0.2, 0.25) is 0 Å². The first-order chi connectivity index (χ1) is 9.10. The maximum Gasteiger partial charge on any atom is 0.193 e. The van der Waals surface area contributed by atoms with E-state index in [1.54, 1.807) is 6.07 Å². The van der Waals surface area contributed by atoms with E-state index in [2.05, 4.69) is 0 Å². The van der Waals surface area contributed by atoms with Crippen LogP contribution >= 0.6 is 0 Å². The van der Waals surface area contributed by atoms with Crippen molar-refractivity contribution in [3.63, 3.8) is 0 Å². The molecule has 3 rings (SSSR count). The number of phenolic OH excluding ortho intramolecular Hbond substituents is 1. The van der Waals surface area contributed by atoms with E-state index in [0.717, 1.165) is 11.1 Å². The Morgan fingerprint density at radius 2 is 1.95 bits per heavy atom. The molecule has 1 N–H and O–H groups in total. The zero-order valence-corrected chi connectivity index (χ0v) is 10.6. The summed E-state index contributed by atoms with van der Waals surface area (Å²) < 4.78 is 10.3. The van der Waals surface area contributed by atoms with Crippen molar-refractivity contribution in [2.24, 2.45) is 0 Å². The second kappa shape index (κ2) is 4.02. The van der Waals surface area contributed by atoms with Crippen LogP contribution in [0.2, 0.25) is 0 Å². The smallest absolute Gasteiger partial charge is 0.193 e. The molecule has 19 heavy (non-hydrogen) atoms. The molecular formula is C15H12O4. The highest BCUT2D eigenvalue weighted by molar-refractivity contribution is 6.04. The van der Waals surface area contributed by atoms with Crippen LogP contribution in [0.1, 0.15) is 5.76 Å². The van der Waals surface area contributed by atoms with Gasteiger partial charge in [0.05, 0.1) is 17.9 Å². The molecule has 96 valence electrons. The minimum atomic E-state index is -0.269. The summed E-state index contributed by atoms with van der Waals surface area (Å²) in [6.07, 6.45) is 1.46.